The smallest absolute Gasteiger partial charge is 0.270 e. The zero-order valence-corrected chi connectivity index (χ0v) is 17.0. The Morgan fingerprint density at radius 2 is 1.93 bits per heavy atom. The summed E-state index contributed by atoms with van der Waals surface area (Å²) in [5.74, 6) is -0.854. The van der Waals surface area contributed by atoms with Crippen molar-refractivity contribution in [2.75, 3.05) is 24.2 Å². The molecule has 3 aromatic rings. The van der Waals surface area contributed by atoms with E-state index >= 15 is 0 Å². The summed E-state index contributed by atoms with van der Waals surface area (Å²) in [4.78, 5) is 12.6. The standard InChI is InChI=1S/C19H21FN4O4S/c1-4-23(29(3,27)28)17-10-16-15(9-12(17)11-25)18(19(26)21-2)24(22-16)14-7-5-13(20)6-8-14/h5-10,25H,4,11H2,1-3H3,(H,21,26). The number of fused-ring (bicyclic) bond motifs is 1. The number of nitrogens with zero attached hydrogens (tertiary/aromatic N) is 3. The minimum absolute atomic E-state index is 0.165. The van der Waals surface area contributed by atoms with E-state index in [9.17, 15) is 22.7 Å². The number of aliphatic hydroxyl groups is 1. The van der Waals surface area contributed by atoms with Gasteiger partial charge in [0.15, 0.2) is 0 Å². The largest absolute Gasteiger partial charge is 0.392 e. The normalized spacial score (nSPS) is 11.6. The SMILES string of the molecule is CCN(c1cc2nn(-c3ccc(F)cc3)c(C(=O)NC)c2cc1CO)S(C)(=O)=O. The van der Waals surface area contributed by atoms with Crippen molar-refractivity contribution in [2.45, 2.75) is 13.5 Å². The van der Waals surface area contributed by atoms with Crippen molar-refractivity contribution < 1.29 is 22.7 Å². The molecule has 0 radical (unpaired) electrons. The summed E-state index contributed by atoms with van der Waals surface area (Å²) in [6.07, 6.45) is 1.08. The highest BCUT2D eigenvalue weighted by molar-refractivity contribution is 7.92. The number of nitrogens with one attached hydrogen (secondary N) is 1. The molecule has 2 aromatic carbocycles. The van der Waals surface area contributed by atoms with Gasteiger partial charge in [0.25, 0.3) is 5.91 Å². The molecule has 0 aliphatic carbocycles. The third-order valence-electron chi connectivity index (χ3n) is 4.51. The Morgan fingerprint density at radius 1 is 1.28 bits per heavy atom. The number of sulfonamides is 1. The van der Waals surface area contributed by atoms with Crippen LogP contribution in [0.3, 0.4) is 0 Å². The van der Waals surface area contributed by atoms with Crippen LogP contribution < -0.4 is 9.62 Å². The van der Waals surface area contributed by atoms with Crippen LogP contribution in [0, 0.1) is 5.82 Å². The van der Waals surface area contributed by atoms with Crippen molar-refractivity contribution in [1.29, 1.82) is 0 Å². The lowest BCUT2D eigenvalue weighted by Gasteiger charge is -2.23. The second-order valence-electron chi connectivity index (χ2n) is 6.40. The molecule has 1 aromatic heterocycles. The fraction of sp³-hybridized carbons (Fsp3) is 0.263. The van der Waals surface area contributed by atoms with Crippen LogP contribution in [0.4, 0.5) is 10.1 Å². The van der Waals surface area contributed by atoms with Gasteiger partial charge in [0.2, 0.25) is 10.0 Å². The number of anilines is 1. The topological polar surface area (TPSA) is 105 Å². The number of carbonyl (C=O) groups excluding carboxylic acids is 1. The quantitative estimate of drug-likeness (QED) is 0.633. The average Bonchev–Trinajstić information content (AvgIpc) is 3.05. The number of benzene rings is 2. The molecule has 0 fully saturated rings. The maximum Gasteiger partial charge on any atom is 0.270 e. The highest BCUT2D eigenvalue weighted by Crippen LogP contribution is 2.31. The summed E-state index contributed by atoms with van der Waals surface area (Å²) in [6, 6.07) is 8.55. The molecule has 8 nitrogen and oxygen atoms in total. The number of hydrogen-bond donors (Lipinski definition) is 2. The highest BCUT2D eigenvalue weighted by atomic mass is 32.2. The summed E-state index contributed by atoms with van der Waals surface area (Å²) < 4.78 is 40.2. The van der Waals surface area contributed by atoms with Crippen LogP contribution in [0.25, 0.3) is 16.6 Å². The van der Waals surface area contributed by atoms with E-state index in [0.717, 1.165) is 10.6 Å². The Hall–Kier alpha value is -2.98. The molecule has 0 spiro atoms. The number of rotatable bonds is 6. The van der Waals surface area contributed by atoms with Gasteiger partial charge in [0, 0.05) is 24.5 Å². The molecule has 0 aliphatic heterocycles. The van der Waals surface area contributed by atoms with E-state index < -0.39 is 28.4 Å². The lowest BCUT2D eigenvalue weighted by atomic mass is 10.1. The highest BCUT2D eigenvalue weighted by Gasteiger charge is 2.24. The molecular formula is C19H21FN4O4S. The van der Waals surface area contributed by atoms with Crippen LogP contribution in [-0.2, 0) is 16.6 Å². The van der Waals surface area contributed by atoms with Gasteiger partial charge in [0.1, 0.15) is 11.5 Å². The van der Waals surface area contributed by atoms with Crippen molar-refractivity contribution in [1.82, 2.24) is 15.1 Å². The number of aromatic nitrogens is 2. The third kappa shape index (κ3) is 3.81. The fourth-order valence-electron chi connectivity index (χ4n) is 3.21. The van der Waals surface area contributed by atoms with Gasteiger partial charge in [-0.15, -0.1) is 0 Å². The number of halogens is 1. The summed E-state index contributed by atoms with van der Waals surface area (Å²) in [7, 11) is -2.11. The molecule has 1 amide bonds. The number of carbonyl (C=O) groups is 1. The van der Waals surface area contributed by atoms with Crippen molar-refractivity contribution >= 4 is 32.5 Å². The van der Waals surface area contributed by atoms with Gasteiger partial charge in [0.05, 0.1) is 29.8 Å². The Kier molecular flexibility index (Phi) is 5.58. The van der Waals surface area contributed by atoms with E-state index in [1.165, 1.54) is 42.1 Å². The first-order valence-corrected chi connectivity index (χ1v) is 10.7. The zero-order valence-electron chi connectivity index (χ0n) is 16.2. The Morgan fingerprint density at radius 3 is 2.45 bits per heavy atom. The average molecular weight is 420 g/mol. The Labute approximate surface area is 167 Å². The summed E-state index contributed by atoms with van der Waals surface area (Å²) >= 11 is 0. The molecule has 29 heavy (non-hydrogen) atoms. The second kappa shape index (κ2) is 7.80. The molecule has 0 aliphatic rings. The maximum absolute atomic E-state index is 13.3. The van der Waals surface area contributed by atoms with Crippen molar-refractivity contribution in [3.63, 3.8) is 0 Å². The predicted octanol–water partition coefficient (Wildman–Crippen LogP) is 1.80. The van der Waals surface area contributed by atoms with E-state index in [0.29, 0.717) is 22.2 Å². The van der Waals surface area contributed by atoms with Crippen molar-refractivity contribution in [3.05, 3.63) is 53.5 Å². The second-order valence-corrected chi connectivity index (χ2v) is 8.31. The van der Waals surface area contributed by atoms with Gasteiger partial charge < -0.3 is 10.4 Å². The first-order valence-electron chi connectivity index (χ1n) is 8.83. The van der Waals surface area contributed by atoms with Crippen LogP contribution in [0.1, 0.15) is 23.0 Å². The fourth-order valence-corrected chi connectivity index (χ4v) is 4.21. The van der Waals surface area contributed by atoms with Gasteiger partial charge in [-0.05, 0) is 43.3 Å². The summed E-state index contributed by atoms with van der Waals surface area (Å²) in [5.41, 5.74) is 1.65. The molecule has 3 rings (SSSR count). The van der Waals surface area contributed by atoms with E-state index in [4.69, 9.17) is 0 Å². The monoisotopic (exact) mass is 420 g/mol. The molecular weight excluding hydrogens is 399 g/mol. The van der Waals surface area contributed by atoms with Crippen LogP contribution in [0.5, 0.6) is 0 Å². The number of amides is 1. The van der Waals surface area contributed by atoms with Gasteiger partial charge in [-0.2, -0.15) is 5.10 Å². The van der Waals surface area contributed by atoms with E-state index in [2.05, 4.69) is 10.4 Å². The first kappa shape index (κ1) is 20.7. The van der Waals surface area contributed by atoms with Gasteiger partial charge in [-0.3, -0.25) is 9.10 Å². The molecule has 0 bridgehead atoms. The molecule has 0 atom stereocenters. The Bertz CT molecular complexity index is 1170. The molecule has 0 unspecified atom stereocenters. The predicted molar refractivity (Wildman–Crippen MR) is 108 cm³/mol. The minimum Gasteiger partial charge on any atom is -0.392 e. The summed E-state index contributed by atoms with van der Waals surface area (Å²) in [5, 5.41) is 17.3. The van der Waals surface area contributed by atoms with Gasteiger partial charge in [-0.25, -0.2) is 17.5 Å². The lowest BCUT2D eigenvalue weighted by molar-refractivity contribution is 0.0957. The van der Waals surface area contributed by atoms with Crippen LogP contribution in [0.15, 0.2) is 36.4 Å². The van der Waals surface area contributed by atoms with E-state index in [1.54, 1.807) is 13.0 Å². The van der Waals surface area contributed by atoms with Gasteiger partial charge in [-0.1, -0.05) is 0 Å². The Balaban J connectivity index is 2.34. The lowest BCUT2D eigenvalue weighted by Crippen LogP contribution is -2.30. The van der Waals surface area contributed by atoms with E-state index in [-0.39, 0.29) is 17.9 Å². The molecule has 2 N–H and O–H groups in total. The molecule has 0 saturated carbocycles. The van der Waals surface area contributed by atoms with E-state index in [1.807, 2.05) is 0 Å². The van der Waals surface area contributed by atoms with Crippen LogP contribution >= 0.6 is 0 Å². The molecule has 154 valence electrons. The maximum atomic E-state index is 13.3. The number of aliphatic hydroxyl groups excluding tert-OH is 1. The minimum atomic E-state index is -3.58. The van der Waals surface area contributed by atoms with Crippen molar-refractivity contribution in [3.8, 4) is 5.69 Å². The van der Waals surface area contributed by atoms with Crippen LogP contribution in [0.2, 0.25) is 0 Å². The third-order valence-corrected chi connectivity index (χ3v) is 5.77. The van der Waals surface area contributed by atoms with Crippen LogP contribution in [-0.4, -0.2) is 49.1 Å². The summed E-state index contributed by atoms with van der Waals surface area (Å²) in [6.45, 7) is 1.42. The molecule has 10 heteroatoms. The molecule has 1 heterocycles. The molecule has 0 saturated heterocycles. The van der Waals surface area contributed by atoms with Crippen molar-refractivity contribution in [2.24, 2.45) is 0 Å². The first-order chi connectivity index (χ1) is 13.7. The van der Waals surface area contributed by atoms with Gasteiger partial charge >= 0.3 is 0 Å². The zero-order chi connectivity index (χ0) is 21.3. The number of hydrogen-bond acceptors (Lipinski definition) is 5.